The molecule has 0 amide bonds. The summed E-state index contributed by atoms with van der Waals surface area (Å²) >= 11 is 2.60. The van der Waals surface area contributed by atoms with Gasteiger partial charge in [0.25, 0.3) is 0 Å². The minimum absolute atomic E-state index is 0.0674. The minimum Gasteiger partial charge on any atom is -0.361 e. The van der Waals surface area contributed by atoms with E-state index < -0.39 is 0 Å². The van der Waals surface area contributed by atoms with Crippen LogP contribution in [0.1, 0.15) is 12.5 Å². The van der Waals surface area contributed by atoms with Crippen LogP contribution in [-0.4, -0.2) is 27.9 Å². The number of anilines is 2. The molecule has 138 valence electrons. The molecule has 0 bridgehead atoms. The zero-order valence-electron chi connectivity index (χ0n) is 14.5. The molecule has 0 aliphatic carbocycles. The van der Waals surface area contributed by atoms with E-state index in [2.05, 4.69) is 20.6 Å². The molecule has 0 fully saturated rings. The molecule has 0 radical (unpaired) electrons. The molecule has 4 rings (SSSR count). The Morgan fingerprint density at radius 3 is 2.74 bits per heavy atom. The van der Waals surface area contributed by atoms with Crippen LogP contribution >= 0.6 is 23.1 Å². The summed E-state index contributed by atoms with van der Waals surface area (Å²) in [5.41, 5.74) is 2.90. The van der Waals surface area contributed by atoms with Crippen molar-refractivity contribution in [2.24, 2.45) is 4.99 Å². The van der Waals surface area contributed by atoms with Gasteiger partial charge in [-0.05, 0) is 61.0 Å². The monoisotopic (exact) mass is 400 g/mol. The molecule has 2 N–H and O–H groups in total. The van der Waals surface area contributed by atoms with Crippen LogP contribution in [0.2, 0.25) is 0 Å². The maximum absolute atomic E-state index is 13.2. The van der Waals surface area contributed by atoms with Crippen LogP contribution in [0.15, 0.2) is 47.5 Å². The smallest absolute Gasteiger partial charge is 0.220 e. The fourth-order valence-corrected chi connectivity index (χ4v) is 4.37. The Morgan fingerprint density at radius 2 is 2.00 bits per heavy atom. The first-order valence-electron chi connectivity index (χ1n) is 8.52. The number of fused-ring (bicyclic) bond motifs is 1. The summed E-state index contributed by atoms with van der Waals surface area (Å²) in [6.07, 6.45) is 0.843. The van der Waals surface area contributed by atoms with E-state index >= 15 is 0 Å². The van der Waals surface area contributed by atoms with Crippen LogP contribution in [-0.2, 0) is 11.2 Å². The minimum atomic E-state index is -0.276. The van der Waals surface area contributed by atoms with Crippen LogP contribution in [0, 0.1) is 5.82 Å². The molecule has 2 heterocycles. The van der Waals surface area contributed by atoms with Crippen molar-refractivity contribution >= 4 is 54.4 Å². The lowest BCUT2D eigenvalue weighted by Gasteiger charge is -2.07. The number of thioether (sulfide) groups is 1. The van der Waals surface area contributed by atoms with Crippen LogP contribution in [0.25, 0.3) is 10.2 Å². The van der Waals surface area contributed by atoms with Crippen molar-refractivity contribution in [2.45, 2.75) is 19.4 Å². The molecule has 27 heavy (non-hydrogen) atoms. The highest BCUT2D eigenvalue weighted by Gasteiger charge is 2.23. The molecule has 0 saturated heterocycles. The molecule has 1 aromatic heterocycles. The van der Waals surface area contributed by atoms with Crippen LogP contribution in [0.3, 0.4) is 0 Å². The fourth-order valence-electron chi connectivity index (χ4n) is 2.66. The van der Waals surface area contributed by atoms with Crippen molar-refractivity contribution < 1.29 is 9.18 Å². The first-order chi connectivity index (χ1) is 13.1. The molecular weight excluding hydrogens is 383 g/mol. The van der Waals surface area contributed by atoms with E-state index in [4.69, 9.17) is 0 Å². The number of nitrogens with zero attached hydrogens (tertiary/aromatic N) is 2. The third-order valence-electron chi connectivity index (χ3n) is 4.09. The van der Waals surface area contributed by atoms with Gasteiger partial charge in [-0.2, -0.15) is 0 Å². The molecule has 0 saturated carbocycles. The van der Waals surface area contributed by atoms with Crippen molar-refractivity contribution in [1.82, 2.24) is 4.98 Å². The number of hydrogen-bond donors (Lipinski definition) is 2. The Labute approximate surface area is 164 Å². The number of carbonyl (C=O) groups is 1. The summed E-state index contributed by atoms with van der Waals surface area (Å²) in [6.45, 7) is 2.53. The van der Waals surface area contributed by atoms with E-state index in [0.29, 0.717) is 5.17 Å². The number of aliphatic imine (C=N–C) groups is 1. The van der Waals surface area contributed by atoms with Gasteiger partial charge in [-0.1, -0.05) is 23.5 Å². The number of benzene rings is 2. The molecule has 3 aromatic rings. The molecule has 0 spiro atoms. The number of rotatable bonds is 5. The zero-order chi connectivity index (χ0) is 18.8. The van der Waals surface area contributed by atoms with Crippen molar-refractivity contribution in [3.05, 3.63) is 53.8 Å². The van der Waals surface area contributed by atoms with Gasteiger partial charge in [0.1, 0.15) is 11.9 Å². The largest absolute Gasteiger partial charge is 0.361 e. The van der Waals surface area contributed by atoms with Gasteiger partial charge in [0.05, 0.1) is 10.2 Å². The Bertz CT molecular complexity index is 1020. The Kier molecular flexibility index (Phi) is 5.09. The number of thiazole rings is 1. The predicted octanol–water partition coefficient (Wildman–Crippen LogP) is 4.52. The number of amidine groups is 1. The molecule has 0 unspecified atom stereocenters. The zero-order valence-corrected chi connectivity index (χ0v) is 16.2. The van der Waals surface area contributed by atoms with E-state index in [1.165, 1.54) is 29.0 Å². The maximum atomic E-state index is 13.2. The standard InChI is InChI=1S/C19H17FN4OS2/c1-11-17(25)27-19(22-11)23-14-5-2-12(3-6-14)8-9-21-18-24-15-7-4-13(20)10-16(15)26-18/h2-7,10-11H,8-9H2,1H3,(H,21,24)(H,22,23)/t11-/m0/s1. The van der Waals surface area contributed by atoms with Crippen molar-refractivity contribution in [3.8, 4) is 0 Å². The van der Waals surface area contributed by atoms with E-state index in [1.807, 2.05) is 24.3 Å². The molecule has 1 aliphatic heterocycles. The molecule has 5 nitrogen and oxygen atoms in total. The molecular formula is C19H17FN4OS2. The van der Waals surface area contributed by atoms with Gasteiger partial charge in [0.15, 0.2) is 10.3 Å². The lowest BCUT2D eigenvalue weighted by Crippen LogP contribution is -2.06. The quantitative estimate of drug-likeness (QED) is 0.659. The maximum Gasteiger partial charge on any atom is 0.220 e. The summed E-state index contributed by atoms with van der Waals surface area (Å²) in [7, 11) is 0. The number of nitrogens with one attached hydrogen (secondary N) is 2. The third kappa shape index (κ3) is 4.28. The molecule has 1 atom stereocenters. The van der Waals surface area contributed by atoms with Crippen molar-refractivity contribution in [3.63, 3.8) is 0 Å². The van der Waals surface area contributed by atoms with E-state index in [0.717, 1.165) is 45.8 Å². The van der Waals surface area contributed by atoms with Gasteiger partial charge in [-0.25, -0.2) is 14.4 Å². The van der Waals surface area contributed by atoms with Gasteiger partial charge in [0.2, 0.25) is 5.12 Å². The second kappa shape index (κ2) is 7.66. The second-order valence-electron chi connectivity index (χ2n) is 6.16. The number of halogens is 1. The van der Waals surface area contributed by atoms with Gasteiger partial charge in [-0.15, -0.1) is 0 Å². The van der Waals surface area contributed by atoms with E-state index in [9.17, 15) is 9.18 Å². The van der Waals surface area contributed by atoms with E-state index in [-0.39, 0.29) is 17.0 Å². The summed E-state index contributed by atoms with van der Waals surface area (Å²) < 4.78 is 14.1. The normalized spacial score (nSPS) is 16.6. The van der Waals surface area contributed by atoms with Crippen LogP contribution < -0.4 is 10.6 Å². The number of hydrogen-bond acceptors (Lipinski definition) is 7. The van der Waals surface area contributed by atoms with Gasteiger partial charge in [0, 0.05) is 12.2 Å². The van der Waals surface area contributed by atoms with E-state index in [1.54, 1.807) is 13.0 Å². The summed E-state index contributed by atoms with van der Waals surface area (Å²) in [6, 6.07) is 12.4. The van der Waals surface area contributed by atoms with Crippen LogP contribution in [0.4, 0.5) is 15.2 Å². The lowest BCUT2D eigenvalue weighted by molar-refractivity contribution is -0.111. The third-order valence-corrected chi connectivity index (χ3v) is 6.01. The molecule has 8 heteroatoms. The van der Waals surface area contributed by atoms with Crippen molar-refractivity contribution in [1.29, 1.82) is 0 Å². The van der Waals surface area contributed by atoms with Crippen LogP contribution in [0.5, 0.6) is 0 Å². The first kappa shape index (κ1) is 17.9. The average Bonchev–Trinajstić information content (AvgIpc) is 3.18. The Hall–Kier alpha value is -2.45. The number of carbonyl (C=O) groups excluding carboxylic acids is 1. The van der Waals surface area contributed by atoms with Gasteiger partial charge in [-0.3, -0.25) is 4.79 Å². The molecule has 2 aromatic carbocycles. The fraction of sp³-hybridized carbons (Fsp3) is 0.211. The predicted molar refractivity (Wildman–Crippen MR) is 111 cm³/mol. The number of aromatic nitrogens is 1. The highest BCUT2D eigenvalue weighted by molar-refractivity contribution is 8.27. The van der Waals surface area contributed by atoms with Crippen molar-refractivity contribution in [2.75, 3.05) is 17.2 Å². The Morgan fingerprint density at radius 1 is 1.19 bits per heavy atom. The Balaban J connectivity index is 1.30. The summed E-state index contributed by atoms with van der Waals surface area (Å²) in [5.74, 6) is -0.243. The highest BCUT2D eigenvalue weighted by atomic mass is 32.2. The highest BCUT2D eigenvalue weighted by Crippen LogP contribution is 2.26. The topological polar surface area (TPSA) is 66.4 Å². The SMILES string of the molecule is C[C@@H]1N=C(Nc2ccc(CCNc3nc4ccc(F)cc4s3)cc2)SC1=O. The summed E-state index contributed by atoms with van der Waals surface area (Å²) in [5, 5.41) is 7.97. The first-order valence-corrected chi connectivity index (χ1v) is 10.2. The van der Waals surface area contributed by atoms with Gasteiger partial charge >= 0.3 is 0 Å². The summed E-state index contributed by atoms with van der Waals surface area (Å²) in [4.78, 5) is 20.2. The lowest BCUT2D eigenvalue weighted by atomic mass is 10.1. The second-order valence-corrected chi connectivity index (χ2v) is 8.18. The average molecular weight is 401 g/mol. The van der Waals surface area contributed by atoms with Gasteiger partial charge < -0.3 is 10.6 Å². The molecule has 1 aliphatic rings.